The highest BCUT2D eigenvalue weighted by Gasteiger charge is 2.18. The van der Waals surface area contributed by atoms with Crippen molar-refractivity contribution >= 4 is 34.4 Å². The summed E-state index contributed by atoms with van der Waals surface area (Å²) in [6, 6.07) is 7.11. The van der Waals surface area contributed by atoms with E-state index in [2.05, 4.69) is 10.3 Å². The fourth-order valence-corrected chi connectivity index (χ4v) is 3.02. The number of rotatable bonds is 4. The van der Waals surface area contributed by atoms with Crippen LogP contribution in [0.15, 0.2) is 36.5 Å². The first-order chi connectivity index (χ1) is 12.6. The molecule has 0 radical (unpaired) electrons. The number of nitrogens with zero attached hydrogens (tertiary/aromatic N) is 2. The SMILES string of the molecule is CC(C)(C)CC(=O)Nc1nc2ccn(Cc3c(F)cccc3F)c2cc1Cl. The van der Waals surface area contributed by atoms with Gasteiger partial charge in [0, 0.05) is 18.2 Å². The maximum atomic E-state index is 13.9. The summed E-state index contributed by atoms with van der Waals surface area (Å²) in [4.78, 5) is 16.5. The minimum absolute atomic E-state index is 0.00967. The van der Waals surface area contributed by atoms with Crippen LogP contribution in [0.1, 0.15) is 32.8 Å². The third kappa shape index (κ3) is 4.45. The number of carbonyl (C=O) groups excluding carboxylic acids is 1. The predicted octanol–water partition coefficient (Wildman–Crippen LogP) is 5.39. The predicted molar refractivity (Wildman–Crippen MR) is 103 cm³/mol. The van der Waals surface area contributed by atoms with Gasteiger partial charge in [-0.15, -0.1) is 0 Å². The highest BCUT2D eigenvalue weighted by Crippen LogP contribution is 2.28. The number of hydrogen-bond donors (Lipinski definition) is 1. The van der Waals surface area contributed by atoms with Crippen molar-refractivity contribution in [1.82, 2.24) is 9.55 Å². The largest absolute Gasteiger partial charge is 0.341 e. The van der Waals surface area contributed by atoms with Crippen LogP contribution in [0, 0.1) is 17.0 Å². The maximum Gasteiger partial charge on any atom is 0.226 e. The summed E-state index contributed by atoms with van der Waals surface area (Å²) in [5, 5.41) is 2.99. The van der Waals surface area contributed by atoms with Crippen molar-refractivity contribution in [2.45, 2.75) is 33.7 Å². The van der Waals surface area contributed by atoms with Crippen molar-refractivity contribution in [3.05, 3.63) is 58.7 Å². The van der Waals surface area contributed by atoms with E-state index in [1.165, 1.54) is 18.2 Å². The molecule has 4 nitrogen and oxygen atoms in total. The summed E-state index contributed by atoms with van der Waals surface area (Å²) >= 11 is 6.27. The summed E-state index contributed by atoms with van der Waals surface area (Å²) < 4.78 is 29.5. The molecule has 1 aromatic carbocycles. The van der Waals surface area contributed by atoms with Gasteiger partial charge in [-0.3, -0.25) is 4.79 Å². The van der Waals surface area contributed by atoms with Crippen LogP contribution in [-0.4, -0.2) is 15.5 Å². The Hall–Kier alpha value is -2.47. The quantitative estimate of drug-likeness (QED) is 0.648. The fraction of sp³-hybridized carbons (Fsp3) is 0.300. The molecule has 0 bridgehead atoms. The van der Waals surface area contributed by atoms with Gasteiger partial charge >= 0.3 is 0 Å². The Morgan fingerprint density at radius 1 is 1.22 bits per heavy atom. The molecular weight excluding hydrogens is 372 g/mol. The molecule has 2 aromatic heterocycles. The van der Waals surface area contributed by atoms with Crippen LogP contribution >= 0.6 is 11.6 Å². The van der Waals surface area contributed by atoms with Crippen LogP contribution in [-0.2, 0) is 11.3 Å². The fourth-order valence-electron chi connectivity index (χ4n) is 2.82. The van der Waals surface area contributed by atoms with Gasteiger partial charge in [-0.1, -0.05) is 38.4 Å². The van der Waals surface area contributed by atoms with Crippen LogP contribution in [0.25, 0.3) is 11.0 Å². The number of carbonyl (C=O) groups is 1. The van der Waals surface area contributed by atoms with Gasteiger partial charge in [-0.05, 0) is 29.7 Å². The third-order valence-corrected chi connectivity index (χ3v) is 4.33. The molecule has 1 N–H and O–H groups in total. The lowest BCUT2D eigenvalue weighted by atomic mass is 9.92. The number of amides is 1. The topological polar surface area (TPSA) is 46.9 Å². The van der Waals surface area contributed by atoms with Gasteiger partial charge in [-0.2, -0.15) is 0 Å². The number of benzene rings is 1. The molecule has 1 amide bonds. The van der Waals surface area contributed by atoms with Crippen molar-refractivity contribution in [1.29, 1.82) is 0 Å². The number of halogens is 3. The zero-order valence-electron chi connectivity index (χ0n) is 15.3. The summed E-state index contributed by atoms with van der Waals surface area (Å²) in [5.74, 6) is -1.12. The van der Waals surface area contributed by atoms with Gasteiger partial charge in [0.1, 0.15) is 11.6 Å². The molecule has 0 aliphatic heterocycles. The Morgan fingerprint density at radius 3 is 2.52 bits per heavy atom. The van der Waals surface area contributed by atoms with Crippen molar-refractivity contribution < 1.29 is 13.6 Å². The Bertz CT molecular complexity index is 988. The lowest BCUT2D eigenvalue weighted by Gasteiger charge is -2.17. The van der Waals surface area contributed by atoms with Crippen LogP contribution in [0.2, 0.25) is 5.02 Å². The third-order valence-electron chi connectivity index (χ3n) is 4.04. The molecule has 142 valence electrons. The van der Waals surface area contributed by atoms with Crippen molar-refractivity contribution in [2.75, 3.05) is 5.32 Å². The van der Waals surface area contributed by atoms with E-state index in [4.69, 9.17) is 11.6 Å². The first kappa shape index (κ1) is 19.3. The molecule has 7 heteroatoms. The smallest absolute Gasteiger partial charge is 0.226 e. The standard InChI is InChI=1S/C20H20ClF2N3O/c1-20(2,3)10-18(27)25-19-13(21)9-17-16(24-19)7-8-26(17)11-12-14(22)5-4-6-15(12)23/h4-9H,10-11H2,1-3H3,(H,24,25,27). The minimum Gasteiger partial charge on any atom is -0.341 e. The molecule has 2 heterocycles. The molecule has 0 aliphatic carbocycles. The van der Waals surface area contributed by atoms with Crippen LogP contribution in [0.5, 0.6) is 0 Å². The number of aromatic nitrogens is 2. The van der Waals surface area contributed by atoms with Gasteiger partial charge in [0.15, 0.2) is 5.82 Å². The summed E-state index contributed by atoms with van der Waals surface area (Å²) in [6.45, 7) is 5.90. The average Bonchev–Trinajstić information content (AvgIpc) is 2.91. The Balaban J connectivity index is 1.89. The van der Waals surface area contributed by atoms with E-state index < -0.39 is 11.6 Å². The highest BCUT2D eigenvalue weighted by atomic mass is 35.5. The second-order valence-corrected chi connectivity index (χ2v) is 8.06. The molecule has 0 spiro atoms. The summed E-state index contributed by atoms with van der Waals surface area (Å²) in [6.07, 6.45) is 2.01. The number of hydrogen-bond acceptors (Lipinski definition) is 2. The summed E-state index contributed by atoms with van der Waals surface area (Å²) in [5.41, 5.74) is 1.00. The average molecular weight is 392 g/mol. The van der Waals surface area contributed by atoms with E-state index in [0.717, 1.165) is 0 Å². The number of pyridine rings is 1. The number of anilines is 1. The Kier molecular flexibility index (Phi) is 5.20. The van der Waals surface area contributed by atoms with Crippen LogP contribution in [0.3, 0.4) is 0 Å². The summed E-state index contributed by atoms with van der Waals surface area (Å²) in [7, 11) is 0. The first-order valence-corrected chi connectivity index (χ1v) is 8.90. The van der Waals surface area contributed by atoms with Crippen LogP contribution < -0.4 is 5.32 Å². The molecular formula is C20H20ClF2N3O. The Morgan fingerprint density at radius 2 is 1.89 bits per heavy atom. The van der Waals surface area contributed by atoms with E-state index >= 15 is 0 Å². The molecule has 0 saturated heterocycles. The molecule has 27 heavy (non-hydrogen) atoms. The van der Waals surface area contributed by atoms with E-state index in [0.29, 0.717) is 17.5 Å². The van der Waals surface area contributed by atoms with Gasteiger partial charge < -0.3 is 9.88 Å². The molecule has 0 fully saturated rings. The molecule has 0 saturated carbocycles. The normalized spacial score (nSPS) is 11.8. The minimum atomic E-state index is -0.609. The van der Waals surface area contributed by atoms with E-state index in [9.17, 15) is 13.6 Å². The van der Waals surface area contributed by atoms with Crippen molar-refractivity contribution in [3.8, 4) is 0 Å². The van der Waals surface area contributed by atoms with Gasteiger partial charge in [0.05, 0.1) is 22.6 Å². The van der Waals surface area contributed by atoms with Gasteiger partial charge in [0.25, 0.3) is 0 Å². The first-order valence-electron chi connectivity index (χ1n) is 8.52. The molecule has 0 atom stereocenters. The zero-order chi connectivity index (χ0) is 19.8. The molecule has 3 rings (SSSR count). The van der Waals surface area contributed by atoms with Crippen LogP contribution in [0.4, 0.5) is 14.6 Å². The highest BCUT2D eigenvalue weighted by molar-refractivity contribution is 6.34. The second kappa shape index (κ2) is 7.27. The van der Waals surface area contributed by atoms with E-state index in [1.54, 1.807) is 22.9 Å². The second-order valence-electron chi connectivity index (χ2n) is 7.65. The van der Waals surface area contributed by atoms with E-state index in [-0.39, 0.29) is 34.3 Å². The molecule has 3 aromatic rings. The van der Waals surface area contributed by atoms with E-state index in [1.807, 2.05) is 20.8 Å². The lowest BCUT2D eigenvalue weighted by molar-refractivity contribution is -0.117. The monoisotopic (exact) mass is 391 g/mol. The molecule has 0 aliphatic rings. The van der Waals surface area contributed by atoms with Crippen molar-refractivity contribution in [3.63, 3.8) is 0 Å². The lowest BCUT2D eigenvalue weighted by Crippen LogP contribution is -2.20. The van der Waals surface area contributed by atoms with Gasteiger partial charge in [0.2, 0.25) is 5.91 Å². The van der Waals surface area contributed by atoms with Crippen molar-refractivity contribution in [2.24, 2.45) is 5.41 Å². The Labute approximate surface area is 161 Å². The number of fused-ring (bicyclic) bond motifs is 1. The molecule has 0 unspecified atom stereocenters. The maximum absolute atomic E-state index is 13.9. The number of nitrogens with one attached hydrogen (secondary N) is 1. The zero-order valence-corrected chi connectivity index (χ0v) is 16.1. The van der Waals surface area contributed by atoms with Gasteiger partial charge in [-0.25, -0.2) is 13.8 Å².